The second kappa shape index (κ2) is 7.11. The first kappa shape index (κ1) is 15.3. The van der Waals surface area contributed by atoms with Crippen LogP contribution < -0.4 is 5.32 Å². The number of aryl methyl sites for hydroxylation is 1. The normalized spacial score (nSPS) is 17.7. The number of amides is 2. The summed E-state index contributed by atoms with van der Waals surface area (Å²) in [6.45, 7) is 5.31. The van der Waals surface area contributed by atoms with E-state index in [0.717, 1.165) is 50.0 Å². The first-order chi connectivity index (χ1) is 10.8. The molecule has 3 rings (SSSR count). The number of nitrogens with one attached hydrogen (secondary N) is 1. The summed E-state index contributed by atoms with van der Waals surface area (Å²) in [5.41, 5.74) is 0. The third-order valence-corrected chi connectivity index (χ3v) is 4.54. The van der Waals surface area contributed by atoms with E-state index in [9.17, 15) is 4.79 Å². The van der Waals surface area contributed by atoms with Crippen molar-refractivity contribution >= 4 is 6.03 Å². The van der Waals surface area contributed by atoms with Gasteiger partial charge in [0.15, 0.2) is 5.82 Å². The van der Waals surface area contributed by atoms with Crippen molar-refractivity contribution in [3.8, 4) is 0 Å². The first-order valence-corrected chi connectivity index (χ1v) is 8.71. The second-order valence-electron chi connectivity index (χ2n) is 6.54. The first-order valence-electron chi connectivity index (χ1n) is 8.71. The maximum atomic E-state index is 12.4. The molecular formula is C16H27N5O. The molecule has 1 aromatic rings. The van der Waals surface area contributed by atoms with Crippen LogP contribution in [0.25, 0.3) is 0 Å². The van der Waals surface area contributed by atoms with Crippen molar-refractivity contribution in [3.63, 3.8) is 0 Å². The van der Waals surface area contributed by atoms with Crippen molar-refractivity contribution in [3.05, 3.63) is 11.6 Å². The molecule has 1 fully saturated rings. The fourth-order valence-corrected chi connectivity index (χ4v) is 3.10. The van der Waals surface area contributed by atoms with Crippen LogP contribution >= 0.6 is 0 Å². The molecule has 0 spiro atoms. The number of carbonyl (C=O) groups is 1. The highest BCUT2D eigenvalue weighted by Crippen LogP contribution is 2.29. The van der Waals surface area contributed by atoms with Crippen LogP contribution in [-0.4, -0.2) is 38.8 Å². The molecular weight excluding hydrogens is 278 g/mol. The molecule has 1 N–H and O–H groups in total. The number of fused-ring (bicyclic) bond motifs is 1. The van der Waals surface area contributed by atoms with Crippen LogP contribution in [0.3, 0.4) is 0 Å². The Morgan fingerprint density at radius 1 is 1.32 bits per heavy atom. The van der Waals surface area contributed by atoms with Crippen molar-refractivity contribution in [2.24, 2.45) is 5.92 Å². The van der Waals surface area contributed by atoms with Crippen LogP contribution in [-0.2, 0) is 19.5 Å². The monoisotopic (exact) mass is 305 g/mol. The minimum Gasteiger partial charge on any atom is -0.331 e. The molecule has 0 saturated heterocycles. The second-order valence-corrected chi connectivity index (χ2v) is 6.54. The number of hydrogen-bond donors (Lipinski definition) is 1. The van der Waals surface area contributed by atoms with Crippen LogP contribution in [0.5, 0.6) is 0 Å². The number of carbonyl (C=O) groups excluding carboxylic acids is 1. The zero-order valence-electron chi connectivity index (χ0n) is 13.6. The van der Waals surface area contributed by atoms with Gasteiger partial charge in [-0.1, -0.05) is 13.3 Å². The molecule has 1 saturated carbocycles. The van der Waals surface area contributed by atoms with Gasteiger partial charge in [0.2, 0.25) is 0 Å². The van der Waals surface area contributed by atoms with Gasteiger partial charge in [0.25, 0.3) is 0 Å². The smallest absolute Gasteiger partial charge is 0.317 e. The molecule has 0 aromatic carbocycles. The molecule has 0 bridgehead atoms. The van der Waals surface area contributed by atoms with E-state index in [4.69, 9.17) is 0 Å². The van der Waals surface area contributed by atoms with Crippen LogP contribution in [0.2, 0.25) is 0 Å². The summed E-state index contributed by atoms with van der Waals surface area (Å²) in [4.78, 5) is 14.3. The number of nitrogens with zero attached hydrogens (tertiary/aromatic N) is 4. The van der Waals surface area contributed by atoms with Crippen molar-refractivity contribution in [2.45, 2.75) is 65.0 Å². The third kappa shape index (κ3) is 3.78. The highest BCUT2D eigenvalue weighted by Gasteiger charge is 2.26. The minimum atomic E-state index is 0.0414. The highest BCUT2D eigenvalue weighted by atomic mass is 16.2. The van der Waals surface area contributed by atoms with E-state index < -0.39 is 0 Å². The summed E-state index contributed by atoms with van der Waals surface area (Å²) >= 11 is 0. The van der Waals surface area contributed by atoms with Crippen LogP contribution in [0.15, 0.2) is 0 Å². The van der Waals surface area contributed by atoms with E-state index in [-0.39, 0.29) is 6.03 Å². The van der Waals surface area contributed by atoms with Gasteiger partial charge in [-0.05, 0) is 38.0 Å². The van der Waals surface area contributed by atoms with Crippen LogP contribution in [0.4, 0.5) is 4.79 Å². The predicted molar refractivity (Wildman–Crippen MR) is 84.4 cm³/mol. The van der Waals surface area contributed by atoms with E-state index in [1.54, 1.807) is 0 Å². The summed E-state index contributed by atoms with van der Waals surface area (Å²) in [7, 11) is 0. The fourth-order valence-electron chi connectivity index (χ4n) is 3.10. The summed E-state index contributed by atoms with van der Waals surface area (Å²) in [6.07, 6.45) is 8.16. The lowest BCUT2D eigenvalue weighted by atomic mass is 10.2. The lowest BCUT2D eigenvalue weighted by molar-refractivity contribution is 0.194. The largest absolute Gasteiger partial charge is 0.331 e. The van der Waals surface area contributed by atoms with E-state index >= 15 is 0 Å². The molecule has 0 radical (unpaired) electrons. The molecule has 0 atom stereocenters. The Bertz CT molecular complexity index is 509. The summed E-state index contributed by atoms with van der Waals surface area (Å²) < 4.78 is 2.19. The molecule has 1 aliphatic carbocycles. The van der Waals surface area contributed by atoms with Gasteiger partial charge in [0.1, 0.15) is 5.82 Å². The summed E-state index contributed by atoms with van der Waals surface area (Å²) in [6, 6.07) is 0.0414. The van der Waals surface area contributed by atoms with Gasteiger partial charge >= 0.3 is 6.03 Å². The zero-order chi connectivity index (χ0) is 15.4. The van der Waals surface area contributed by atoms with Crippen molar-refractivity contribution in [1.82, 2.24) is 25.0 Å². The van der Waals surface area contributed by atoms with Gasteiger partial charge in [-0.25, -0.2) is 4.79 Å². The molecule has 22 heavy (non-hydrogen) atoms. The number of aromatic nitrogens is 3. The third-order valence-electron chi connectivity index (χ3n) is 4.54. The Kier molecular flexibility index (Phi) is 4.95. The van der Waals surface area contributed by atoms with E-state index in [1.807, 2.05) is 4.90 Å². The van der Waals surface area contributed by atoms with E-state index in [2.05, 4.69) is 27.0 Å². The lowest BCUT2D eigenvalue weighted by Gasteiger charge is -2.22. The maximum absolute atomic E-state index is 12.4. The Balaban J connectivity index is 1.56. The predicted octanol–water partition coefficient (Wildman–Crippen LogP) is 2.34. The number of urea groups is 1. The molecule has 2 amide bonds. The van der Waals surface area contributed by atoms with Gasteiger partial charge in [-0.3, -0.25) is 0 Å². The van der Waals surface area contributed by atoms with Gasteiger partial charge in [-0.2, -0.15) is 0 Å². The van der Waals surface area contributed by atoms with Crippen molar-refractivity contribution in [1.29, 1.82) is 0 Å². The minimum absolute atomic E-state index is 0.0414. The van der Waals surface area contributed by atoms with Crippen molar-refractivity contribution in [2.75, 3.05) is 13.1 Å². The van der Waals surface area contributed by atoms with Gasteiger partial charge in [-0.15, -0.1) is 10.2 Å². The summed E-state index contributed by atoms with van der Waals surface area (Å²) in [5.74, 6) is 2.69. The van der Waals surface area contributed by atoms with Crippen LogP contribution in [0.1, 0.15) is 57.1 Å². The highest BCUT2D eigenvalue weighted by molar-refractivity contribution is 5.74. The molecule has 1 aliphatic heterocycles. The number of hydrogen-bond acceptors (Lipinski definition) is 3. The topological polar surface area (TPSA) is 63.1 Å². The Morgan fingerprint density at radius 3 is 2.95 bits per heavy atom. The van der Waals surface area contributed by atoms with E-state index in [1.165, 1.54) is 32.1 Å². The Labute approximate surface area is 132 Å². The molecule has 2 heterocycles. The molecule has 122 valence electrons. The van der Waals surface area contributed by atoms with Gasteiger partial charge in [0.05, 0.1) is 6.54 Å². The zero-order valence-corrected chi connectivity index (χ0v) is 13.6. The summed E-state index contributed by atoms with van der Waals surface area (Å²) in [5, 5.41) is 11.6. The Morgan fingerprint density at radius 2 is 2.18 bits per heavy atom. The van der Waals surface area contributed by atoms with Gasteiger partial charge in [0, 0.05) is 26.1 Å². The molecule has 0 unspecified atom stereocenters. The lowest BCUT2D eigenvalue weighted by Crippen LogP contribution is -2.41. The standard InChI is InChI=1S/C16H27N5O/c1-2-9-20(12-13-7-8-13)16(22)17-11-15-19-18-14-6-4-3-5-10-21(14)15/h13H,2-12H2,1H3,(H,17,22). The average molecular weight is 305 g/mol. The average Bonchev–Trinajstić information content (AvgIpc) is 3.30. The molecule has 2 aliphatic rings. The maximum Gasteiger partial charge on any atom is 0.317 e. The Hall–Kier alpha value is -1.59. The van der Waals surface area contributed by atoms with Gasteiger partial charge < -0.3 is 14.8 Å². The quantitative estimate of drug-likeness (QED) is 0.877. The van der Waals surface area contributed by atoms with E-state index in [0.29, 0.717) is 6.54 Å². The molecule has 6 nitrogen and oxygen atoms in total. The number of rotatable bonds is 6. The van der Waals surface area contributed by atoms with Crippen LogP contribution in [0, 0.1) is 5.92 Å². The van der Waals surface area contributed by atoms with Crippen molar-refractivity contribution < 1.29 is 4.79 Å². The fraction of sp³-hybridized carbons (Fsp3) is 0.812. The molecule has 6 heteroatoms. The molecule has 1 aromatic heterocycles. The SMILES string of the molecule is CCCN(CC1CC1)C(=O)NCc1nnc2n1CCCCC2.